The number of rotatable bonds is 10. The molecular formula is C76H42F12N8. The summed E-state index contributed by atoms with van der Waals surface area (Å²) in [6.45, 7) is 0. The Bertz CT molecular complexity index is 4940. The molecule has 0 N–H and O–H groups in total. The van der Waals surface area contributed by atoms with E-state index in [0.717, 1.165) is 48.5 Å². The second-order valence-corrected chi connectivity index (χ2v) is 22.7. The topological polar surface area (TPSA) is 87.2 Å². The van der Waals surface area contributed by atoms with Gasteiger partial charge in [-0.05, 0) is 125 Å². The molecule has 0 bridgehead atoms. The van der Waals surface area contributed by atoms with Crippen LogP contribution in [-0.2, 0) is 24.7 Å². The predicted molar refractivity (Wildman–Crippen MR) is 345 cm³/mol. The van der Waals surface area contributed by atoms with Crippen LogP contribution in [0, 0.1) is 0 Å². The number of halogens is 12. The van der Waals surface area contributed by atoms with Crippen molar-refractivity contribution in [1.82, 2.24) is 39.0 Å². The summed E-state index contributed by atoms with van der Waals surface area (Å²) in [6.07, 6.45) is -19.4. The molecule has 470 valence electrons. The van der Waals surface area contributed by atoms with Gasteiger partial charge in [-0.3, -0.25) is 0 Å². The van der Waals surface area contributed by atoms with E-state index < -0.39 is 47.0 Å². The molecule has 0 spiro atoms. The van der Waals surface area contributed by atoms with Crippen molar-refractivity contribution >= 4 is 43.6 Å². The average Bonchev–Trinajstić information content (AvgIpc) is 1.56. The third-order valence-corrected chi connectivity index (χ3v) is 16.7. The van der Waals surface area contributed by atoms with Crippen LogP contribution in [-0.4, -0.2) is 39.0 Å². The largest absolute Gasteiger partial charge is 0.416 e. The van der Waals surface area contributed by atoms with Crippen LogP contribution in [0.5, 0.6) is 0 Å². The van der Waals surface area contributed by atoms with Gasteiger partial charge in [0.2, 0.25) is 0 Å². The van der Waals surface area contributed by atoms with E-state index in [1.54, 1.807) is 51.6 Å². The maximum Gasteiger partial charge on any atom is 0.416 e. The highest BCUT2D eigenvalue weighted by Gasteiger charge is 2.36. The SMILES string of the molecule is FC(F)(F)c1ccc2c(c1)c1cc(C(F)(F)F)ccc1n2-c1ccc(-c2cccc(-c3ccc(-n4c5ccc(C(F)(F)F)cc5c5cc(C(F)(F)F)ccc54)c(-c4nc(-c5ccccc5)nc(-c5ccccc5)n4)c3)c2)cc1-c1nc(-c2ccccc2)nc(-c2ccccc2)n1. The maximum atomic E-state index is 14.5. The lowest BCUT2D eigenvalue weighted by atomic mass is 9.95. The Kier molecular flexibility index (Phi) is 14.5. The molecule has 0 atom stereocenters. The van der Waals surface area contributed by atoms with Gasteiger partial charge in [0.05, 0.1) is 55.7 Å². The van der Waals surface area contributed by atoms with E-state index >= 15 is 0 Å². The van der Waals surface area contributed by atoms with Crippen molar-refractivity contribution in [1.29, 1.82) is 0 Å². The zero-order valence-corrected chi connectivity index (χ0v) is 49.4. The second kappa shape index (κ2) is 23.0. The maximum absolute atomic E-state index is 14.5. The minimum atomic E-state index is -4.85. The minimum absolute atomic E-state index is 0.0983. The third-order valence-electron chi connectivity index (χ3n) is 16.7. The molecule has 8 nitrogen and oxygen atoms in total. The van der Waals surface area contributed by atoms with Crippen LogP contribution in [0.15, 0.2) is 255 Å². The zero-order chi connectivity index (χ0) is 66.4. The van der Waals surface area contributed by atoms with Crippen LogP contribution in [0.25, 0.3) is 146 Å². The molecule has 0 saturated heterocycles. The number of hydrogen-bond acceptors (Lipinski definition) is 6. The van der Waals surface area contributed by atoms with E-state index in [-0.39, 0.29) is 89.9 Å². The minimum Gasteiger partial charge on any atom is -0.309 e. The van der Waals surface area contributed by atoms with Gasteiger partial charge >= 0.3 is 24.7 Å². The number of benzene rings is 11. The van der Waals surface area contributed by atoms with Gasteiger partial charge in [0, 0.05) is 54.9 Å². The molecule has 4 aromatic heterocycles. The Morgan fingerprint density at radius 2 is 0.448 bits per heavy atom. The first kappa shape index (κ1) is 60.4. The van der Waals surface area contributed by atoms with Crippen LogP contribution in [0.1, 0.15) is 22.3 Å². The van der Waals surface area contributed by atoms with E-state index in [1.165, 1.54) is 24.3 Å². The van der Waals surface area contributed by atoms with E-state index in [9.17, 15) is 52.7 Å². The van der Waals surface area contributed by atoms with Gasteiger partial charge in [0.15, 0.2) is 34.9 Å². The molecule has 0 aliphatic carbocycles. The van der Waals surface area contributed by atoms with Crippen LogP contribution in [0.2, 0.25) is 0 Å². The second-order valence-electron chi connectivity index (χ2n) is 22.7. The average molecular weight is 1300 g/mol. The van der Waals surface area contributed by atoms with Crippen LogP contribution in [0.4, 0.5) is 52.7 Å². The summed E-state index contributed by atoms with van der Waals surface area (Å²) >= 11 is 0. The summed E-state index contributed by atoms with van der Waals surface area (Å²) in [5, 5.41) is -0.394. The molecule has 15 aromatic rings. The van der Waals surface area contributed by atoms with Gasteiger partial charge in [-0.2, -0.15) is 52.7 Å². The molecule has 0 radical (unpaired) electrons. The fourth-order valence-electron chi connectivity index (χ4n) is 12.2. The first-order valence-electron chi connectivity index (χ1n) is 29.7. The summed E-state index contributed by atoms with van der Waals surface area (Å²) in [6, 6.07) is 65.8. The molecule has 0 unspecified atom stereocenters. The van der Waals surface area contributed by atoms with Crippen molar-refractivity contribution in [2.75, 3.05) is 0 Å². The van der Waals surface area contributed by atoms with Crippen molar-refractivity contribution in [3.63, 3.8) is 0 Å². The number of hydrogen-bond donors (Lipinski definition) is 0. The Balaban J connectivity index is 0.964. The van der Waals surface area contributed by atoms with Crippen LogP contribution < -0.4 is 0 Å². The van der Waals surface area contributed by atoms with Gasteiger partial charge in [-0.1, -0.05) is 152 Å². The quantitative estimate of drug-likeness (QED) is 0.127. The highest BCUT2D eigenvalue weighted by atomic mass is 19.4. The molecule has 0 aliphatic heterocycles. The first-order chi connectivity index (χ1) is 46.1. The van der Waals surface area contributed by atoms with Crippen molar-refractivity contribution in [3.8, 4) is 102 Å². The lowest BCUT2D eigenvalue weighted by Gasteiger charge is -2.18. The monoisotopic (exact) mass is 1290 g/mol. The molecule has 20 heteroatoms. The molecule has 0 saturated carbocycles. The Morgan fingerprint density at radius 3 is 0.708 bits per heavy atom. The normalized spacial score (nSPS) is 12.4. The van der Waals surface area contributed by atoms with Gasteiger partial charge in [0.1, 0.15) is 0 Å². The number of alkyl halides is 12. The number of nitrogens with zero attached hydrogens (tertiary/aromatic N) is 8. The summed E-state index contributed by atoms with van der Waals surface area (Å²) in [5.41, 5.74) is 2.23. The highest BCUT2D eigenvalue weighted by Crippen LogP contribution is 2.46. The molecule has 15 rings (SSSR count). The summed E-state index contributed by atoms with van der Waals surface area (Å²) in [5.74, 6) is 1.22. The van der Waals surface area contributed by atoms with Crippen molar-refractivity contribution in [3.05, 3.63) is 277 Å². The van der Waals surface area contributed by atoms with Crippen molar-refractivity contribution in [2.45, 2.75) is 24.7 Å². The first-order valence-corrected chi connectivity index (χ1v) is 29.7. The Morgan fingerprint density at radius 1 is 0.208 bits per heavy atom. The van der Waals surface area contributed by atoms with E-state index in [0.29, 0.717) is 55.6 Å². The molecule has 4 heterocycles. The van der Waals surface area contributed by atoms with Gasteiger partial charge in [-0.15, -0.1) is 0 Å². The highest BCUT2D eigenvalue weighted by molar-refractivity contribution is 6.12. The number of fused-ring (bicyclic) bond motifs is 6. The van der Waals surface area contributed by atoms with E-state index in [1.807, 2.05) is 140 Å². The zero-order valence-electron chi connectivity index (χ0n) is 49.4. The summed E-state index contributed by atoms with van der Waals surface area (Å²) < 4.78 is 177. The number of aromatic nitrogens is 8. The molecular weight excluding hydrogens is 1250 g/mol. The van der Waals surface area contributed by atoms with E-state index in [4.69, 9.17) is 29.9 Å². The molecule has 0 fully saturated rings. The van der Waals surface area contributed by atoms with Gasteiger partial charge in [-0.25, -0.2) is 29.9 Å². The molecule has 11 aromatic carbocycles. The molecule has 0 amide bonds. The van der Waals surface area contributed by atoms with Crippen LogP contribution in [0.3, 0.4) is 0 Å². The third kappa shape index (κ3) is 11.2. The molecule has 96 heavy (non-hydrogen) atoms. The Hall–Kier alpha value is -11.8. The standard InChI is InChI=1S/C76H42F12N8/c77-73(78,79)51-26-32-61-55(39-51)56-40-52(74(80,81)82)27-33-62(56)95(61)65-30-24-49(37-59(65)71-91-67(43-14-5-1-6-15-43)89-68(92-71)44-16-7-2-8-17-44)47-22-13-23-48(36-47)50-25-31-66(60(38-50)72-93-69(45-18-9-3-10-19-45)90-70(94-72)46-20-11-4-12-21-46)96-63-34-28-53(75(83,84)85)41-57(63)58-42-54(76(86,87)88)29-35-64(58)96/h1-42H. The lowest BCUT2D eigenvalue weighted by Crippen LogP contribution is -2.05. The summed E-state index contributed by atoms with van der Waals surface area (Å²) in [4.78, 5) is 30.0. The Labute approximate surface area is 536 Å². The summed E-state index contributed by atoms with van der Waals surface area (Å²) in [7, 11) is 0. The van der Waals surface area contributed by atoms with Crippen molar-refractivity contribution < 1.29 is 52.7 Å². The molecule has 0 aliphatic rings. The fourth-order valence-corrected chi connectivity index (χ4v) is 12.2. The van der Waals surface area contributed by atoms with Crippen molar-refractivity contribution in [2.24, 2.45) is 0 Å². The predicted octanol–water partition coefficient (Wildman–Crippen LogP) is 21.7. The van der Waals surface area contributed by atoms with Gasteiger partial charge < -0.3 is 9.13 Å². The van der Waals surface area contributed by atoms with Gasteiger partial charge in [0.25, 0.3) is 0 Å². The fraction of sp³-hybridized carbons (Fsp3) is 0.0526. The lowest BCUT2D eigenvalue weighted by molar-refractivity contribution is -0.138. The smallest absolute Gasteiger partial charge is 0.309 e. The van der Waals surface area contributed by atoms with Crippen LogP contribution >= 0.6 is 0 Å². The van der Waals surface area contributed by atoms with E-state index in [2.05, 4.69) is 0 Å².